The van der Waals surface area contributed by atoms with E-state index in [1.165, 1.54) is 6.07 Å². The van der Waals surface area contributed by atoms with Crippen LogP contribution in [-0.4, -0.2) is 34.8 Å². The summed E-state index contributed by atoms with van der Waals surface area (Å²) in [7, 11) is 0. The summed E-state index contributed by atoms with van der Waals surface area (Å²) >= 11 is 0. The van der Waals surface area contributed by atoms with Gasteiger partial charge in [-0.1, -0.05) is 5.16 Å². The van der Waals surface area contributed by atoms with Crippen LogP contribution < -0.4 is 5.32 Å². The van der Waals surface area contributed by atoms with Crippen molar-refractivity contribution in [2.45, 2.75) is 6.10 Å². The number of hydrogen-bond donors (Lipinski definition) is 1. The van der Waals surface area contributed by atoms with Crippen molar-refractivity contribution in [1.29, 1.82) is 0 Å². The van der Waals surface area contributed by atoms with Crippen LogP contribution in [0.2, 0.25) is 0 Å². The Balaban J connectivity index is 1.90. The zero-order valence-corrected chi connectivity index (χ0v) is 10.8. The first-order valence-electron chi connectivity index (χ1n) is 6.25. The van der Waals surface area contributed by atoms with Gasteiger partial charge in [-0.2, -0.15) is 4.98 Å². The standard InChI is InChI=1S/C12H11FN4O4/c13-8-3-7(4-9(5-8)17(18)19)12-15-11(16-21-12)10-6-14-1-2-20-10/h3-5,10,14H,1-2,6H2. The van der Waals surface area contributed by atoms with Gasteiger partial charge in [-0.25, -0.2) is 4.39 Å². The third-order valence-electron chi connectivity index (χ3n) is 3.00. The minimum Gasteiger partial charge on any atom is -0.367 e. The molecular weight excluding hydrogens is 283 g/mol. The summed E-state index contributed by atoms with van der Waals surface area (Å²) in [6.07, 6.45) is -0.347. The second-order valence-corrected chi connectivity index (χ2v) is 4.48. The van der Waals surface area contributed by atoms with Gasteiger partial charge >= 0.3 is 0 Å². The SMILES string of the molecule is O=[N+]([O-])c1cc(F)cc(-c2nc(C3CNCCO3)no2)c1. The maximum Gasteiger partial charge on any atom is 0.273 e. The highest BCUT2D eigenvalue weighted by Gasteiger charge is 2.23. The fraction of sp³-hybridized carbons (Fsp3) is 0.333. The van der Waals surface area contributed by atoms with E-state index in [4.69, 9.17) is 9.26 Å². The smallest absolute Gasteiger partial charge is 0.273 e. The summed E-state index contributed by atoms with van der Waals surface area (Å²) in [5.74, 6) is -0.402. The molecule has 0 spiro atoms. The topological polar surface area (TPSA) is 103 Å². The Morgan fingerprint density at radius 1 is 1.43 bits per heavy atom. The van der Waals surface area contributed by atoms with Crippen molar-refractivity contribution in [2.75, 3.05) is 19.7 Å². The molecule has 3 rings (SSSR count). The van der Waals surface area contributed by atoms with Crippen LogP contribution >= 0.6 is 0 Å². The van der Waals surface area contributed by atoms with E-state index in [1.54, 1.807) is 0 Å². The number of nitrogens with zero attached hydrogens (tertiary/aromatic N) is 3. The molecule has 0 saturated carbocycles. The fourth-order valence-corrected chi connectivity index (χ4v) is 2.02. The number of benzene rings is 1. The number of nitro benzene ring substituents is 1. The molecule has 0 aliphatic carbocycles. The van der Waals surface area contributed by atoms with Crippen molar-refractivity contribution >= 4 is 5.69 Å². The van der Waals surface area contributed by atoms with Gasteiger partial charge in [0.15, 0.2) is 0 Å². The van der Waals surface area contributed by atoms with E-state index < -0.39 is 10.7 Å². The normalized spacial score (nSPS) is 18.6. The fourth-order valence-electron chi connectivity index (χ4n) is 2.02. The number of nitro groups is 1. The van der Waals surface area contributed by atoms with Gasteiger partial charge in [0.2, 0.25) is 5.82 Å². The average molecular weight is 294 g/mol. The van der Waals surface area contributed by atoms with Gasteiger partial charge in [0.25, 0.3) is 11.6 Å². The minimum atomic E-state index is -0.741. The second-order valence-electron chi connectivity index (χ2n) is 4.48. The number of nitrogens with one attached hydrogen (secondary N) is 1. The van der Waals surface area contributed by atoms with Crippen molar-refractivity contribution in [3.63, 3.8) is 0 Å². The number of aromatic nitrogens is 2. The van der Waals surface area contributed by atoms with Gasteiger partial charge in [0.1, 0.15) is 11.9 Å². The summed E-state index contributed by atoms with van der Waals surface area (Å²) in [5, 5.41) is 17.6. The van der Waals surface area contributed by atoms with E-state index in [9.17, 15) is 14.5 Å². The van der Waals surface area contributed by atoms with Crippen molar-refractivity contribution in [1.82, 2.24) is 15.5 Å². The van der Waals surface area contributed by atoms with Crippen LogP contribution in [-0.2, 0) is 4.74 Å². The number of halogens is 1. The number of ether oxygens (including phenoxy) is 1. The highest BCUT2D eigenvalue weighted by molar-refractivity contribution is 5.57. The zero-order chi connectivity index (χ0) is 14.8. The van der Waals surface area contributed by atoms with Crippen LogP contribution in [0.5, 0.6) is 0 Å². The predicted molar refractivity (Wildman–Crippen MR) is 67.9 cm³/mol. The van der Waals surface area contributed by atoms with Gasteiger partial charge in [0, 0.05) is 24.7 Å². The maximum absolute atomic E-state index is 13.4. The quantitative estimate of drug-likeness (QED) is 0.674. The predicted octanol–water partition coefficient (Wildman–Crippen LogP) is 1.44. The number of rotatable bonds is 3. The van der Waals surface area contributed by atoms with Gasteiger partial charge in [-0.15, -0.1) is 0 Å². The van der Waals surface area contributed by atoms with Gasteiger partial charge in [0.05, 0.1) is 17.6 Å². The van der Waals surface area contributed by atoms with E-state index in [2.05, 4.69) is 15.5 Å². The molecule has 1 unspecified atom stereocenters. The lowest BCUT2D eigenvalue weighted by Gasteiger charge is -2.20. The van der Waals surface area contributed by atoms with E-state index in [-0.39, 0.29) is 23.2 Å². The summed E-state index contributed by atoms with van der Waals surface area (Å²) in [5.41, 5.74) is -0.218. The first-order valence-corrected chi connectivity index (χ1v) is 6.25. The maximum atomic E-state index is 13.4. The first-order chi connectivity index (χ1) is 10.1. The molecule has 1 fully saturated rings. The van der Waals surface area contributed by atoms with Crippen molar-refractivity contribution < 1.29 is 18.6 Å². The molecule has 0 bridgehead atoms. The van der Waals surface area contributed by atoms with Crippen LogP contribution in [0.1, 0.15) is 11.9 Å². The summed E-state index contributed by atoms with van der Waals surface area (Å²) in [4.78, 5) is 14.2. The second kappa shape index (κ2) is 5.54. The Hall–Kier alpha value is -2.39. The van der Waals surface area contributed by atoms with Crippen LogP contribution in [0.4, 0.5) is 10.1 Å². The van der Waals surface area contributed by atoms with Crippen molar-refractivity contribution in [2.24, 2.45) is 0 Å². The molecule has 21 heavy (non-hydrogen) atoms. The molecule has 2 aromatic rings. The lowest BCUT2D eigenvalue weighted by Crippen LogP contribution is -2.33. The Kier molecular flexibility index (Phi) is 3.59. The van der Waals surface area contributed by atoms with E-state index in [0.717, 1.165) is 18.7 Å². The molecule has 1 aromatic carbocycles. The van der Waals surface area contributed by atoms with Gasteiger partial charge in [-0.3, -0.25) is 10.1 Å². The molecule has 9 heteroatoms. The molecule has 1 N–H and O–H groups in total. The van der Waals surface area contributed by atoms with E-state index in [0.29, 0.717) is 19.0 Å². The van der Waals surface area contributed by atoms with Crippen LogP contribution in [0, 0.1) is 15.9 Å². The molecule has 8 nitrogen and oxygen atoms in total. The molecule has 1 saturated heterocycles. The number of morpholine rings is 1. The summed E-state index contributed by atoms with van der Waals surface area (Å²) in [6.45, 7) is 1.82. The van der Waals surface area contributed by atoms with Crippen LogP contribution in [0.15, 0.2) is 22.7 Å². The lowest BCUT2D eigenvalue weighted by molar-refractivity contribution is -0.385. The van der Waals surface area contributed by atoms with Crippen LogP contribution in [0.3, 0.4) is 0 Å². The van der Waals surface area contributed by atoms with E-state index in [1.807, 2.05) is 0 Å². The Bertz CT molecular complexity index is 669. The Morgan fingerprint density at radius 3 is 3.00 bits per heavy atom. The third kappa shape index (κ3) is 2.88. The van der Waals surface area contributed by atoms with E-state index >= 15 is 0 Å². The molecule has 1 atom stereocenters. The lowest BCUT2D eigenvalue weighted by atomic mass is 10.2. The number of non-ortho nitro benzene ring substituents is 1. The number of hydrogen-bond acceptors (Lipinski definition) is 7. The molecule has 110 valence electrons. The Labute approximate surface area is 118 Å². The molecule has 1 aliphatic rings. The zero-order valence-electron chi connectivity index (χ0n) is 10.8. The first kappa shape index (κ1) is 13.6. The van der Waals surface area contributed by atoms with Crippen LogP contribution in [0.25, 0.3) is 11.5 Å². The average Bonchev–Trinajstić information content (AvgIpc) is 2.97. The monoisotopic (exact) mass is 294 g/mol. The molecule has 1 aromatic heterocycles. The molecule has 1 aliphatic heterocycles. The molecule has 0 amide bonds. The largest absolute Gasteiger partial charge is 0.367 e. The highest BCUT2D eigenvalue weighted by atomic mass is 19.1. The third-order valence-corrected chi connectivity index (χ3v) is 3.00. The summed E-state index contributed by atoms with van der Waals surface area (Å²) in [6, 6.07) is 3.11. The molecule has 2 heterocycles. The Morgan fingerprint density at radius 2 is 2.29 bits per heavy atom. The molecule has 0 radical (unpaired) electrons. The highest BCUT2D eigenvalue weighted by Crippen LogP contribution is 2.26. The van der Waals surface area contributed by atoms with Gasteiger partial charge in [-0.05, 0) is 6.07 Å². The minimum absolute atomic E-state index is 0.0155. The van der Waals surface area contributed by atoms with Gasteiger partial charge < -0.3 is 14.6 Å². The molecular formula is C12H11FN4O4. The summed E-state index contributed by atoms with van der Waals surface area (Å²) < 4.78 is 23.9. The van der Waals surface area contributed by atoms with Crippen molar-refractivity contribution in [3.05, 3.63) is 40.0 Å². The van der Waals surface area contributed by atoms with Crippen molar-refractivity contribution in [3.8, 4) is 11.5 Å².